The molecule has 1 atom stereocenters. The Morgan fingerprint density at radius 3 is 2.67 bits per heavy atom. The van der Waals surface area contributed by atoms with E-state index in [1.54, 1.807) is 26.1 Å². The molecular weight excluding hydrogens is 333 g/mol. The number of hydrogen-bond acceptors (Lipinski definition) is 4. The molecule has 0 aliphatic carbocycles. The number of aliphatic imine (C=N–C) groups is 1. The maximum atomic E-state index is 13.2. The number of hydrogen-bond donors (Lipinski definition) is 2. The van der Waals surface area contributed by atoms with E-state index in [-0.39, 0.29) is 30.0 Å². The Labute approximate surface area is 143 Å². The first-order valence-electron chi connectivity index (χ1n) is 7.97. The number of benzene rings is 1. The van der Waals surface area contributed by atoms with Gasteiger partial charge in [0.25, 0.3) is 0 Å². The van der Waals surface area contributed by atoms with Crippen LogP contribution in [0.5, 0.6) is 5.75 Å². The lowest BCUT2D eigenvalue weighted by Crippen LogP contribution is -2.43. The van der Waals surface area contributed by atoms with E-state index in [2.05, 4.69) is 15.6 Å². The first kappa shape index (κ1) is 20.2. The van der Waals surface area contributed by atoms with Crippen molar-refractivity contribution in [3.63, 3.8) is 0 Å². The minimum absolute atomic E-state index is 0.0567. The lowest BCUT2D eigenvalue weighted by Gasteiger charge is -2.20. The molecule has 6 nitrogen and oxygen atoms in total. The van der Waals surface area contributed by atoms with E-state index in [0.29, 0.717) is 18.3 Å². The monoisotopic (exact) mass is 359 g/mol. The Kier molecular flexibility index (Phi) is 8.53. The van der Waals surface area contributed by atoms with Gasteiger partial charge in [0.05, 0.1) is 12.3 Å². The van der Waals surface area contributed by atoms with E-state index >= 15 is 0 Å². The fourth-order valence-corrected chi connectivity index (χ4v) is 2.60. The molecule has 0 aliphatic rings. The van der Waals surface area contributed by atoms with Crippen LogP contribution in [-0.4, -0.2) is 52.1 Å². The summed E-state index contributed by atoms with van der Waals surface area (Å²) in [6.45, 7) is 4.35. The van der Waals surface area contributed by atoms with E-state index in [0.717, 1.165) is 6.42 Å². The predicted molar refractivity (Wildman–Crippen MR) is 94.8 cm³/mol. The predicted octanol–water partition coefficient (Wildman–Crippen LogP) is 1.58. The summed E-state index contributed by atoms with van der Waals surface area (Å²) in [5.74, 6) is 0.814. The average molecular weight is 359 g/mol. The summed E-state index contributed by atoms with van der Waals surface area (Å²) in [7, 11) is -1.40. The Bertz CT molecular complexity index is 635. The summed E-state index contributed by atoms with van der Waals surface area (Å²) < 4.78 is 41.8. The van der Waals surface area contributed by atoms with Crippen LogP contribution in [-0.2, 0) is 9.84 Å². The van der Waals surface area contributed by atoms with Crippen molar-refractivity contribution < 1.29 is 17.5 Å². The number of sulfone groups is 1. The van der Waals surface area contributed by atoms with Crippen molar-refractivity contribution >= 4 is 15.8 Å². The molecule has 0 aliphatic heterocycles. The molecule has 8 heteroatoms. The lowest BCUT2D eigenvalue weighted by atomic mass is 10.2. The second kappa shape index (κ2) is 10.1. The van der Waals surface area contributed by atoms with Gasteiger partial charge in [0.2, 0.25) is 0 Å². The Morgan fingerprint density at radius 2 is 2.08 bits per heavy atom. The third-order valence-electron chi connectivity index (χ3n) is 3.42. The van der Waals surface area contributed by atoms with Gasteiger partial charge in [-0.25, -0.2) is 12.8 Å². The van der Waals surface area contributed by atoms with Gasteiger partial charge in [0, 0.05) is 25.4 Å². The molecule has 2 N–H and O–H groups in total. The van der Waals surface area contributed by atoms with Crippen LogP contribution in [0, 0.1) is 5.82 Å². The van der Waals surface area contributed by atoms with Crippen molar-refractivity contribution in [1.82, 2.24) is 10.6 Å². The van der Waals surface area contributed by atoms with Gasteiger partial charge >= 0.3 is 0 Å². The molecule has 0 amide bonds. The van der Waals surface area contributed by atoms with Gasteiger partial charge in [-0.05, 0) is 18.6 Å². The summed E-state index contributed by atoms with van der Waals surface area (Å²) in [5.41, 5.74) is 0. The van der Waals surface area contributed by atoms with Crippen molar-refractivity contribution in [2.75, 3.05) is 31.6 Å². The smallest absolute Gasteiger partial charge is 0.191 e. The number of guanidine groups is 1. The van der Waals surface area contributed by atoms with Crippen LogP contribution in [0.1, 0.15) is 20.3 Å². The van der Waals surface area contributed by atoms with E-state index in [1.165, 1.54) is 12.1 Å². The third-order valence-corrected chi connectivity index (χ3v) is 5.13. The standard InChI is InChI=1S/C16H26FN3O3S/c1-4-14(23-15-8-6-7-13(17)11-15)12-20-16(18-3)19-9-10-24(21,22)5-2/h6-8,11,14H,4-5,9-10,12H2,1-3H3,(H2,18,19,20). The van der Waals surface area contributed by atoms with Gasteiger partial charge < -0.3 is 15.4 Å². The number of halogens is 1. The van der Waals surface area contributed by atoms with Gasteiger partial charge in [0.15, 0.2) is 15.8 Å². The SMILES string of the molecule is CCC(CNC(=NC)NCCS(=O)(=O)CC)Oc1cccc(F)c1. The highest BCUT2D eigenvalue weighted by atomic mass is 32.2. The highest BCUT2D eigenvalue weighted by molar-refractivity contribution is 7.91. The van der Waals surface area contributed by atoms with Gasteiger partial charge in [-0.2, -0.15) is 0 Å². The summed E-state index contributed by atoms with van der Waals surface area (Å²) in [5, 5.41) is 6.04. The molecule has 0 fully saturated rings. The van der Waals surface area contributed by atoms with Crippen LogP contribution in [0.3, 0.4) is 0 Å². The van der Waals surface area contributed by atoms with Gasteiger partial charge in [-0.3, -0.25) is 4.99 Å². The zero-order chi connectivity index (χ0) is 18.0. The fourth-order valence-electron chi connectivity index (χ4n) is 1.90. The topological polar surface area (TPSA) is 79.8 Å². The van der Waals surface area contributed by atoms with Crippen LogP contribution >= 0.6 is 0 Å². The molecule has 1 rings (SSSR count). The molecule has 1 aromatic rings. The quantitative estimate of drug-likeness (QED) is 0.517. The average Bonchev–Trinajstić information content (AvgIpc) is 2.56. The molecule has 136 valence electrons. The molecule has 0 heterocycles. The zero-order valence-corrected chi connectivity index (χ0v) is 15.2. The number of nitrogens with one attached hydrogen (secondary N) is 2. The van der Waals surface area contributed by atoms with Gasteiger partial charge in [-0.1, -0.05) is 19.9 Å². The summed E-state index contributed by atoms with van der Waals surface area (Å²) >= 11 is 0. The zero-order valence-electron chi connectivity index (χ0n) is 14.4. The molecule has 0 saturated heterocycles. The van der Waals surface area contributed by atoms with Crippen LogP contribution in [0.2, 0.25) is 0 Å². The Morgan fingerprint density at radius 1 is 1.33 bits per heavy atom. The maximum Gasteiger partial charge on any atom is 0.191 e. The maximum absolute atomic E-state index is 13.2. The van der Waals surface area contributed by atoms with E-state index in [1.807, 2.05) is 6.92 Å². The molecule has 24 heavy (non-hydrogen) atoms. The van der Waals surface area contributed by atoms with Crippen molar-refractivity contribution in [3.05, 3.63) is 30.1 Å². The van der Waals surface area contributed by atoms with E-state index < -0.39 is 9.84 Å². The molecule has 1 unspecified atom stereocenters. The van der Waals surface area contributed by atoms with Crippen molar-refractivity contribution in [2.24, 2.45) is 4.99 Å². The van der Waals surface area contributed by atoms with Crippen molar-refractivity contribution in [3.8, 4) is 5.75 Å². The largest absolute Gasteiger partial charge is 0.489 e. The minimum Gasteiger partial charge on any atom is -0.489 e. The highest BCUT2D eigenvalue weighted by Crippen LogP contribution is 2.14. The minimum atomic E-state index is -3.01. The van der Waals surface area contributed by atoms with Gasteiger partial charge in [-0.15, -0.1) is 0 Å². The molecule has 0 saturated carbocycles. The molecule has 1 aromatic carbocycles. The molecular formula is C16H26FN3O3S. The van der Waals surface area contributed by atoms with Crippen molar-refractivity contribution in [1.29, 1.82) is 0 Å². The fraction of sp³-hybridized carbons (Fsp3) is 0.562. The number of nitrogens with zero attached hydrogens (tertiary/aromatic N) is 1. The Hall–Kier alpha value is -1.83. The van der Waals surface area contributed by atoms with E-state index in [9.17, 15) is 12.8 Å². The van der Waals surface area contributed by atoms with Crippen molar-refractivity contribution in [2.45, 2.75) is 26.4 Å². The number of rotatable bonds is 9. The third kappa shape index (κ3) is 7.63. The van der Waals surface area contributed by atoms with Crippen LogP contribution in [0.4, 0.5) is 4.39 Å². The second-order valence-corrected chi connectivity index (χ2v) is 7.69. The van der Waals surface area contributed by atoms with Crippen LogP contribution in [0.15, 0.2) is 29.3 Å². The molecule has 0 radical (unpaired) electrons. The molecule has 0 aromatic heterocycles. The summed E-state index contributed by atoms with van der Waals surface area (Å²) in [4.78, 5) is 4.04. The Balaban J connectivity index is 2.45. The summed E-state index contributed by atoms with van der Waals surface area (Å²) in [6.07, 6.45) is 0.565. The first-order valence-corrected chi connectivity index (χ1v) is 9.79. The van der Waals surface area contributed by atoms with Crippen LogP contribution in [0.25, 0.3) is 0 Å². The highest BCUT2D eigenvalue weighted by Gasteiger charge is 2.11. The summed E-state index contributed by atoms with van der Waals surface area (Å²) in [6, 6.07) is 6.00. The number of ether oxygens (including phenoxy) is 1. The normalized spacial score (nSPS) is 13.4. The second-order valence-electron chi connectivity index (χ2n) is 5.22. The molecule has 0 bridgehead atoms. The van der Waals surface area contributed by atoms with Crippen LogP contribution < -0.4 is 15.4 Å². The van der Waals surface area contributed by atoms with E-state index in [4.69, 9.17) is 4.74 Å². The lowest BCUT2D eigenvalue weighted by molar-refractivity contribution is 0.199. The van der Waals surface area contributed by atoms with Gasteiger partial charge in [0.1, 0.15) is 17.7 Å². The molecule has 0 spiro atoms. The first-order chi connectivity index (χ1) is 11.4.